The summed E-state index contributed by atoms with van der Waals surface area (Å²) in [6.45, 7) is 6.02. The SMILES string of the molecule is Cc1ncc(CNC(=O)C(C)Oc2ccc(Cl)c(C)c2)s1. The molecule has 6 heteroatoms. The van der Waals surface area contributed by atoms with E-state index in [0.29, 0.717) is 17.3 Å². The van der Waals surface area contributed by atoms with Crippen molar-refractivity contribution in [3.63, 3.8) is 0 Å². The van der Waals surface area contributed by atoms with Gasteiger partial charge in [-0.3, -0.25) is 4.79 Å². The molecule has 1 N–H and O–H groups in total. The Hall–Kier alpha value is -1.59. The Kier molecular flexibility index (Phi) is 5.20. The number of thiazole rings is 1. The zero-order chi connectivity index (χ0) is 15.4. The van der Waals surface area contributed by atoms with Crippen LogP contribution in [0.1, 0.15) is 22.4 Å². The second-order valence-electron chi connectivity index (χ2n) is 4.73. The molecule has 0 radical (unpaired) electrons. The first kappa shape index (κ1) is 15.8. The second kappa shape index (κ2) is 6.91. The van der Waals surface area contributed by atoms with Gasteiger partial charge in [0.15, 0.2) is 6.10 Å². The van der Waals surface area contributed by atoms with Crippen molar-refractivity contribution in [3.05, 3.63) is 44.9 Å². The highest BCUT2D eigenvalue weighted by molar-refractivity contribution is 7.11. The summed E-state index contributed by atoms with van der Waals surface area (Å²) < 4.78 is 5.62. The third-order valence-corrected chi connectivity index (χ3v) is 4.25. The van der Waals surface area contributed by atoms with Gasteiger partial charge in [0.2, 0.25) is 0 Å². The minimum atomic E-state index is -0.570. The first-order chi connectivity index (χ1) is 9.95. The fourth-order valence-electron chi connectivity index (χ4n) is 1.75. The summed E-state index contributed by atoms with van der Waals surface area (Å²) in [4.78, 5) is 17.2. The third-order valence-electron chi connectivity index (χ3n) is 2.92. The van der Waals surface area contributed by atoms with Gasteiger partial charge in [0, 0.05) is 16.1 Å². The van der Waals surface area contributed by atoms with E-state index in [2.05, 4.69) is 10.3 Å². The molecule has 1 heterocycles. The van der Waals surface area contributed by atoms with Crippen LogP contribution in [0, 0.1) is 13.8 Å². The number of hydrogen-bond acceptors (Lipinski definition) is 4. The molecule has 0 saturated heterocycles. The van der Waals surface area contributed by atoms with Gasteiger partial charge in [0.1, 0.15) is 5.75 Å². The molecular weight excluding hydrogens is 308 g/mol. The Morgan fingerprint density at radius 2 is 2.24 bits per heavy atom. The minimum absolute atomic E-state index is 0.159. The number of aromatic nitrogens is 1. The summed E-state index contributed by atoms with van der Waals surface area (Å²) in [5.74, 6) is 0.474. The Morgan fingerprint density at radius 3 is 2.86 bits per heavy atom. The van der Waals surface area contributed by atoms with Crippen LogP contribution in [0.25, 0.3) is 0 Å². The van der Waals surface area contributed by atoms with Crippen LogP contribution in [-0.2, 0) is 11.3 Å². The number of benzene rings is 1. The van der Waals surface area contributed by atoms with Crippen molar-refractivity contribution >= 4 is 28.8 Å². The maximum Gasteiger partial charge on any atom is 0.261 e. The lowest BCUT2D eigenvalue weighted by Crippen LogP contribution is -2.35. The average molecular weight is 325 g/mol. The zero-order valence-corrected chi connectivity index (χ0v) is 13.7. The number of halogens is 1. The molecule has 0 aliphatic rings. The second-order valence-corrected chi connectivity index (χ2v) is 6.46. The largest absolute Gasteiger partial charge is 0.481 e. The molecule has 0 fully saturated rings. The standard InChI is InChI=1S/C15H17ClN2O2S/c1-9-6-12(4-5-14(9)16)20-10(2)15(19)18-8-13-7-17-11(3)21-13/h4-7,10H,8H2,1-3H3,(H,18,19). The average Bonchev–Trinajstić information content (AvgIpc) is 2.86. The Balaban J connectivity index is 1.88. The van der Waals surface area contributed by atoms with Crippen molar-refractivity contribution in [2.24, 2.45) is 0 Å². The molecule has 1 amide bonds. The number of aryl methyl sites for hydroxylation is 2. The number of amides is 1. The van der Waals surface area contributed by atoms with Crippen LogP contribution in [0.4, 0.5) is 0 Å². The summed E-state index contributed by atoms with van der Waals surface area (Å²) in [7, 11) is 0. The zero-order valence-electron chi connectivity index (χ0n) is 12.1. The predicted octanol–water partition coefficient (Wildman–Crippen LogP) is 3.50. The van der Waals surface area contributed by atoms with Crippen LogP contribution in [0.15, 0.2) is 24.4 Å². The van der Waals surface area contributed by atoms with Gasteiger partial charge in [-0.2, -0.15) is 0 Å². The van der Waals surface area contributed by atoms with E-state index in [-0.39, 0.29) is 5.91 Å². The summed E-state index contributed by atoms with van der Waals surface area (Å²) in [5.41, 5.74) is 0.918. The number of rotatable bonds is 5. The monoisotopic (exact) mass is 324 g/mol. The fraction of sp³-hybridized carbons (Fsp3) is 0.333. The van der Waals surface area contributed by atoms with Gasteiger partial charge in [-0.25, -0.2) is 4.98 Å². The summed E-state index contributed by atoms with van der Waals surface area (Å²) in [6, 6.07) is 5.33. The Morgan fingerprint density at radius 1 is 1.48 bits per heavy atom. The van der Waals surface area contributed by atoms with E-state index in [1.807, 2.05) is 19.9 Å². The number of hydrogen-bond donors (Lipinski definition) is 1. The lowest BCUT2D eigenvalue weighted by molar-refractivity contribution is -0.127. The fourth-order valence-corrected chi connectivity index (χ4v) is 2.61. The van der Waals surface area contributed by atoms with Crippen molar-refractivity contribution < 1.29 is 9.53 Å². The molecule has 4 nitrogen and oxygen atoms in total. The van der Waals surface area contributed by atoms with E-state index in [9.17, 15) is 4.79 Å². The van der Waals surface area contributed by atoms with Crippen molar-refractivity contribution in [1.82, 2.24) is 10.3 Å². The molecule has 0 saturated carbocycles. The van der Waals surface area contributed by atoms with Crippen LogP contribution in [0.2, 0.25) is 5.02 Å². The van der Waals surface area contributed by atoms with E-state index in [1.54, 1.807) is 36.6 Å². The molecule has 0 spiro atoms. The Bertz CT molecular complexity index is 642. The minimum Gasteiger partial charge on any atom is -0.481 e. The topological polar surface area (TPSA) is 51.2 Å². The van der Waals surface area contributed by atoms with E-state index in [4.69, 9.17) is 16.3 Å². The number of carbonyl (C=O) groups is 1. The summed E-state index contributed by atoms with van der Waals surface area (Å²) in [5, 5.41) is 4.51. The maximum atomic E-state index is 12.0. The van der Waals surface area contributed by atoms with Crippen molar-refractivity contribution in [2.45, 2.75) is 33.4 Å². The lowest BCUT2D eigenvalue weighted by atomic mass is 10.2. The number of nitrogens with one attached hydrogen (secondary N) is 1. The van der Waals surface area contributed by atoms with E-state index in [1.165, 1.54) is 0 Å². The van der Waals surface area contributed by atoms with E-state index < -0.39 is 6.10 Å². The predicted molar refractivity (Wildman–Crippen MR) is 85.0 cm³/mol. The van der Waals surface area contributed by atoms with Gasteiger partial charge in [0.25, 0.3) is 5.91 Å². The molecule has 1 aromatic heterocycles. The molecule has 1 atom stereocenters. The smallest absolute Gasteiger partial charge is 0.261 e. The molecule has 21 heavy (non-hydrogen) atoms. The molecule has 2 rings (SSSR count). The van der Waals surface area contributed by atoms with E-state index in [0.717, 1.165) is 15.4 Å². The van der Waals surface area contributed by atoms with Crippen molar-refractivity contribution in [2.75, 3.05) is 0 Å². The molecule has 0 aliphatic heterocycles. The van der Waals surface area contributed by atoms with Crippen LogP contribution >= 0.6 is 22.9 Å². The highest BCUT2D eigenvalue weighted by atomic mass is 35.5. The quantitative estimate of drug-likeness (QED) is 0.915. The maximum absolute atomic E-state index is 12.0. The van der Waals surface area contributed by atoms with Crippen molar-refractivity contribution in [1.29, 1.82) is 0 Å². The van der Waals surface area contributed by atoms with Crippen LogP contribution < -0.4 is 10.1 Å². The van der Waals surface area contributed by atoms with Gasteiger partial charge >= 0.3 is 0 Å². The molecule has 0 aliphatic carbocycles. The van der Waals surface area contributed by atoms with Gasteiger partial charge in [-0.05, 0) is 44.5 Å². The first-order valence-electron chi connectivity index (χ1n) is 6.57. The highest BCUT2D eigenvalue weighted by Gasteiger charge is 2.15. The van der Waals surface area contributed by atoms with Crippen molar-refractivity contribution in [3.8, 4) is 5.75 Å². The van der Waals surface area contributed by atoms with Gasteiger partial charge in [-0.15, -0.1) is 11.3 Å². The summed E-state index contributed by atoms with van der Waals surface area (Å²) >= 11 is 7.53. The number of ether oxygens (including phenoxy) is 1. The van der Waals surface area contributed by atoms with Crippen LogP contribution in [-0.4, -0.2) is 17.0 Å². The normalized spacial score (nSPS) is 12.0. The molecule has 2 aromatic rings. The van der Waals surface area contributed by atoms with E-state index >= 15 is 0 Å². The first-order valence-corrected chi connectivity index (χ1v) is 7.77. The van der Waals surface area contributed by atoms with Gasteiger partial charge in [0.05, 0.1) is 11.6 Å². The van der Waals surface area contributed by atoms with Gasteiger partial charge < -0.3 is 10.1 Å². The molecular formula is C15H17ClN2O2S. The number of nitrogens with zero attached hydrogens (tertiary/aromatic N) is 1. The van der Waals surface area contributed by atoms with Crippen LogP contribution in [0.3, 0.4) is 0 Å². The third kappa shape index (κ3) is 4.44. The number of carbonyl (C=O) groups excluding carboxylic acids is 1. The lowest BCUT2D eigenvalue weighted by Gasteiger charge is -2.15. The highest BCUT2D eigenvalue weighted by Crippen LogP contribution is 2.22. The molecule has 1 unspecified atom stereocenters. The Labute approximate surface area is 133 Å². The van der Waals surface area contributed by atoms with Crippen LogP contribution in [0.5, 0.6) is 5.75 Å². The summed E-state index contributed by atoms with van der Waals surface area (Å²) in [6.07, 6.45) is 1.20. The molecule has 1 aromatic carbocycles. The molecule has 112 valence electrons. The molecule has 0 bridgehead atoms. The van der Waals surface area contributed by atoms with Gasteiger partial charge in [-0.1, -0.05) is 11.6 Å².